The lowest BCUT2D eigenvalue weighted by Gasteiger charge is -2.20. The number of rotatable bonds is 3. The van der Waals surface area contributed by atoms with Crippen LogP contribution in [-0.4, -0.2) is 30.1 Å². The van der Waals surface area contributed by atoms with Crippen molar-refractivity contribution in [2.24, 2.45) is 0 Å². The van der Waals surface area contributed by atoms with Crippen LogP contribution in [0.3, 0.4) is 0 Å². The lowest BCUT2D eigenvalue weighted by atomic mass is 10.1. The smallest absolute Gasteiger partial charge is 0.323 e. The summed E-state index contributed by atoms with van der Waals surface area (Å²) < 4.78 is 5.15. The van der Waals surface area contributed by atoms with E-state index in [9.17, 15) is 4.79 Å². The molecule has 0 amide bonds. The van der Waals surface area contributed by atoms with Gasteiger partial charge in [-0.05, 0) is 31.7 Å². The van der Waals surface area contributed by atoms with Gasteiger partial charge in [0.15, 0.2) is 0 Å². The fourth-order valence-corrected chi connectivity index (χ4v) is 2.21. The van der Waals surface area contributed by atoms with Crippen molar-refractivity contribution in [2.75, 3.05) is 7.05 Å². The number of ether oxygens (including phenoxy) is 1. The minimum absolute atomic E-state index is 0.0279. The summed E-state index contributed by atoms with van der Waals surface area (Å²) in [6.07, 6.45) is 0.795. The van der Waals surface area contributed by atoms with Gasteiger partial charge in [-0.2, -0.15) is 0 Å². The van der Waals surface area contributed by atoms with E-state index in [-0.39, 0.29) is 18.1 Å². The van der Waals surface area contributed by atoms with Crippen molar-refractivity contribution in [1.29, 1.82) is 0 Å². The molecule has 4 heteroatoms. The van der Waals surface area contributed by atoms with E-state index in [2.05, 4.69) is 0 Å². The first-order valence-electron chi connectivity index (χ1n) is 5.71. The van der Waals surface area contributed by atoms with Crippen LogP contribution in [0.1, 0.15) is 18.9 Å². The van der Waals surface area contributed by atoms with Gasteiger partial charge in [0.2, 0.25) is 0 Å². The van der Waals surface area contributed by atoms with E-state index in [1.54, 1.807) is 0 Å². The highest BCUT2D eigenvalue weighted by Crippen LogP contribution is 2.20. The van der Waals surface area contributed by atoms with Gasteiger partial charge in [-0.1, -0.05) is 23.7 Å². The maximum Gasteiger partial charge on any atom is 0.323 e. The molecule has 1 aromatic carbocycles. The second-order valence-corrected chi connectivity index (χ2v) is 4.98. The molecule has 0 N–H and O–H groups in total. The highest BCUT2D eigenvalue weighted by molar-refractivity contribution is 6.30. The lowest BCUT2D eigenvalue weighted by Crippen LogP contribution is -2.34. The Balaban J connectivity index is 1.99. The van der Waals surface area contributed by atoms with Gasteiger partial charge >= 0.3 is 5.97 Å². The van der Waals surface area contributed by atoms with Crippen LogP contribution in [0.5, 0.6) is 0 Å². The molecule has 17 heavy (non-hydrogen) atoms. The Bertz CT molecular complexity index is 404. The maximum absolute atomic E-state index is 11.6. The van der Waals surface area contributed by atoms with Gasteiger partial charge < -0.3 is 4.74 Å². The molecule has 0 radical (unpaired) electrons. The molecule has 2 rings (SSSR count). The number of carbonyl (C=O) groups excluding carboxylic acids is 1. The topological polar surface area (TPSA) is 29.5 Å². The molecule has 1 heterocycles. The van der Waals surface area contributed by atoms with E-state index < -0.39 is 0 Å². The molecule has 2 unspecified atom stereocenters. The first-order valence-corrected chi connectivity index (χ1v) is 6.09. The van der Waals surface area contributed by atoms with Crippen molar-refractivity contribution < 1.29 is 9.53 Å². The summed E-state index contributed by atoms with van der Waals surface area (Å²) in [5, 5.41) is 0.727. The zero-order chi connectivity index (χ0) is 12.4. The fourth-order valence-electron chi connectivity index (χ4n) is 2.08. The molecule has 0 aliphatic carbocycles. The number of benzene rings is 1. The molecule has 1 aliphatic heterocycles. The monoisotopic (exact) mass is 253 g/mol. The van der Waals surface area contributed by atoms with Gasteiger partial charge in [0.25, 0.3) is 0 Å². The molecule has 2 atom stereocenters. The molecule has 0 bridgehead atoms. The zero-order valence-corrected chi connectivity index (χ0v) is 10.8. The molecule has 0 aromatic heterocycles. The molecule has 0 saturated carbocycles. The number of esters is 1. The summed E-state index contributed by atoms with van der Waals surface area (Å²) in [6.45, 7) is 2.65. The van der Waals surface area contributed by atoms with Crippen LogP contribution in [0.25, 0.3) is 0 Å². The molecule has 1 aliphatic rings. The SMILES string of the molecule is CC1CC(N(C)Cc2ccc(Cl)cc2)C(=O)O1. The van der Waals surface area contributed by atoms with Gasteiger partial charge in [0, 0.05) is 18.0 Å². The third kappa shape index (κ3) is 2.99. The number of nitrogens with zero attached hydrogens (tertiary/aromatic N) is 1. The average Bonchev–Trinajstić information content (AvgIpc) is 2.61. The number of likely N-dealkylation sites (N-methyl/N-ethyl adjacent to an activating group) is 1. The molecule has 1 fully saturated rings. The molecular weight excluding hydrogens is 238 g/mol. The molecule has 92 valence electrons. The molecule has 1 aromatic rings. The number of hydrogen-bond acceptors (Lipinski definition) is 3. The molecule has 0 spiro atoms. The van der Waals surface area contributed by atoms with Crippen LogP contribution in [0.2, 0.25) is 5.02 Å². The van der Waals surface area contributed by atoms with Crippen molar-refractivity contribution in [3.8, 4) is 0 Å². The van der Waals surface area contributed by atoms with E-state index in [1.807, 2.05) is 43.1 Å². The summed E-state index contributed by atoms with van der Waals surface area (Å²) in [7, 11) is 1.94. The van der Waals surface area contributed by atoms with E-state index in [0.29, 0.717) is 0 Å². The van der Waals surface area contributed by atoms with Crippen LogP contribution in [0, 0.1) is 0 Å². The van der Waals surface area contributed by atoms with Gasteiger partial charge in [0.1, 0.15) is 12.1 Å². The van der Waals surface area contributed by atoms with Crippen LogP contribution in [0.4, 0.5) is 0 Å². The predicted molar refractivity (Wildman–Crippen MR) is 66.9 cm³/mol. The predicted octanol–water partition coefficient (Wildman–Crippen LogP) is 2.48. The summed E-state index contributed by atoms with van der Waals surface area (Å²) in [5.41, 5.74) is 1.14. The van der Waals surface area contributed by atoms with E-state index in [1.165, 1.54) is 0 Å². The quantitative estimate of drug-likeness (QED) is 0.775. The lowest BCUT2D eigenvalue weighted by molar-refractivity contribution is -0.144. The Labute approximate surface area is 106 Å². The fraction of sp³-hybridized carbons (Fsp3) is 0.462. The van der Waals surface area contributed by atoms with Crippen LogP contribution in [0.15, 0.2) is 24.3 Å². The highest BCUT2D eigenvalue weighted by atomic mass is 35.5. The van der Waals surface area contributed by atoms with E-state index in [0.717, 1.165) is 23.6 Å². The Hall–Kier alpha value is -1.06. The van der Waals surface area contributed by atoms with Gasteiger partial charge in [-0.25, -0.2) is 0 Å². The third-order valence-electron chi connectivity index (χ3n) is 3.02. The van der Waals surface area contributed by atoms with Crippen LogP contribution < -0.4 is 0 Å². The van der Waals surface area contributed by atoms with E-state index >= 15 is 0 Å². The average molecular weight is 254 g/mol. The van der Waals surface area contributed by atoms with Gasteiger partial charge in [-0.15, -0.1) is 0 Å². The van der Waals surface area contributed by atoms with Crippen LogP contribution in [-0.2, 0) is 16.1 Å². The van der Waals surface area contributed by atoms with Crippen molar-refractivity contribution in [3.63, 3.8) is 0 Å². The minimum atomic E-state index is -0.124. The third-order valence-corrected chi connectivity index (χ3v) is 3.27. The van der Waals surface area contributed by atoms with Crippen molar-refractivity contribution in [2.45, 2.75) is 32.0 Å². The highest BCUT2D eigenvalue weighted by Gasteiger charge is 2.34. The van der Waals surface area contributed by atoms with Crippen LogP contribution >= 0.6 is 11.6 Å². The Morgan fingerprint density at radius 2 is 2.06 bits per heavy atom. The Morgan fingerprint density at radius 1 is 1.41 bits per heavy atom. The molecular formula is C13H16ClNO2. The number of cyclic esters (lactones) is 1. The first kappa shape index (κ1) is 12.4. The van der Waals surface area contributed by atoms with Crippen molar-refractivity contribution in [1.82, 2.24) is 4.90 Å². The van der Waals surface area contributed by atoms with Gasteiger partial charge in [0.05, 0.1) is 0 Å². The standard InChI is InChI=1S/C13H16ClNO2/c1-9-7-12(13(16)17-9)15(2)8-10-3-5-11(14)6-4-10/h3-6,9,12H,7-8H2,1-2H3. The summed E-state index contributed by atoms with van der Waals surface area (Å²) in [6, 6.07) is 7.55. The minimum Gasteiger partial charge on any atom is -0.461 e. The molecule has 3 nitrogen and oxygen atoms in total. The Morgan fingerprint density at radius 3 is 2.59 bits per heavy atom. The Kier molecular flexibility index (Phi) is 3.69. The number of carbonyl (C=O) groups is 1. The maximum atomic E-state index is 11.6. The largest absolute Gasteiger partial charge is 0.461 e. The van der Waals surface area contributed by atoms with Crippen molar-refractivity contribution in [3.05, 3.63) is 34.9 Å². The summed E-state index contributed by atoms with van der Waals surface area (Å²) in [4.78, 5) is 13.6. The van der Waals surface area contributed by atoms with Gasteiger partial charge in [-0.3, -0.25) is 9.69 Å². The summed E-state index contributed by atoms with van der Waals surface area (Å²) >= 11 is 5.83. The van der Waals surface area contributed by atoms with E-state index in [4.69, 9.17) is 16.3 Å². The van der Waals surface area contributed by atoms with Crippen molar-refractivity contribution >= 4 is 17.6 Å². The summed E-state index contributed by atoms with van der Waals surface area (Å²) in [5.74, 6) is -0.117. The second-order valence-electron chi connectivity index (χ2n) is 4.54. The first-order chi connectivity index (χ1) is 8.06. The zero-order valence-electron chi connectivity index (χ0n) is 10.0. The normalized spacial score (nSPS) is 24.1. The number of halogens is 1. The molecule has 1 saturated heterocycles. The number of hydrogen-bond donors (Lipinski definition) is 0. The second kappa shape index (κ2) is 5.07.